The van der Waals surface area contributed by atoms with E-state index < -0.39 is 0 Å². The number of rotatable bonds is 8. The normalized spacial score (nSPS) is 17.2. The minimum Gasteiger partial charge on any atom is -0.379 e. The molecule has 152 valence electrons. The molecule has 7 nitrogen and oxygen atoms in total. The van der Waals surface area contributed by atoms with Crippen molar-refractivity contribution in [3.63, 3.8) is 0 Å². The zero-order chi connectivity index (χ0) is 20.0. The molecule has 1 aliphatic rings. The highest BCUT2D eigenvalue weighted by Crippen LogP contribution is 2.21. The highest BCUT2D eigenvalue weighted by Gasteiger charge is 2.31. The van der Waals surface area contributed by atoms with Gasteiger partial charge in [0.25, 0.3) is 0 Å². The Labute approximate surface area is 170 Å². The van der Waals surface area contributed by atoms with Crippen LogP contribution in [-0.2, 0) is 16.0 Å². The lowest BCUT2D eigenvalue weighted by molar-refractivity contribution is -0.122. The summed E-state index contributed by atoms with van der Waals surface area (Å²) in [6.07, 6.45) is 1.68. The summed E-state index contributed by atoms with van der Waals surface area (Å²) in [5.74, 6) is 0.934. The first-order valence-electron chi connectivity index (χ1n) is 9.68. The molecule has 1 aromatic carbocycles. The molecule has 0 bridgehead atoms. The van der Waals surface area contributed by atoms with Crippen molar-refractivity contribution in [3.05, 3.63) is 35.2 Å². The van der Waals surface area contributed by atoms with E-state index in [0.29, 0.717) is 36.1 Å². The van der Waals surface area contributed by atoms with Crippen molar-refractivity contribution in [2.45, 2.75) is 38.6 Å². The van der Waals surface area contributed by atoms with Gasteiger partial charge in [-0.1, -0.05) is 23.7 Å². The number of aryl methyl sites for hydroxylation is 1. The van der Waals surface area contributed by atoms with Crippen molar-refractivity contribution in [1.29, 1.82) is 0 Å². The summed E-state index contributed by atoms with van der Waals surface area (Å²) in [7, 11) is 0. The first kappa shape index (κ1) is 20.8. The standard InChI is InChI=1S/C20H27ClN4O3/c1-3-20(2,25-10-12-27-13-11-25)14-22-17(26)8-9-18-23-19(24-28-18)15-4-6-16(21)7-5-15/h4-7H,3,8-14H2,1-2H3,(H,22,26). The molecule has 0 radical (unpaired) electrons. The van der Waals surface area contributed by atoms with Crippen LogP contribution in [0.1, 0.15) is 32.6 Å². The average Bonchev–Trinajstić information content (AvgIpc) is 3.20. The molecule has 1 amide bonds. The molecule has 0 saturated carbocycles. The Morgan fingerprint density at radius 3 is 2.68 bits per heavy atom. The molecule has 1 atom stereocenters. The molecule has 8 heteroatoms. The molecule has 2 heterocycles. The van der Waals surface area contributed by atoms with E-state index in [1.807, 2.05) is 12.1 Å². The molecule has 28 heavy (non-hydrogen) atoms. The maximum Gasteiger partial charge on any atom is 0.227 e. The van der Waals surface area contributed by atoms with Crippen LogP contribution in [0, 0.1) is 0 Å². The fraction of sp³-hybridized carbons (Fsp3) is 0.550. The zero-order valence-corrected chi connectivity index (χ0v) is 17.2. The van der Waals surface area contributed by atoms with Crippen LogP contribution >= 0.6 is 11.6 Å². The minimum atomic E-state index is -0.0638. The van der Waals surface area contributed by atoms with E-state index in [2.05, 4.69) is 34.2 Å². The number of carbonyl (C=O) groups is 1. The van der Waals surface area contributed by atoms with Gasteiger partial charge in [0.2, 0.25) is 17.6 Å². The Morgan fingerprint density at radius 1 is 1.29 bits per heavy atom. The van der Waals surface area contributed by atoms with E-state index >= 15 is 0 Å². The topological polar surface area (TPSA) is 80.5 Å². The van der Waals surface area contributed by atoms with Crippen LogP contribution in [0.3, 0.4) is 0 Å². The lowest BCUT2D eigenvalue weighted by atomic mass is 9.95. The SMILES string of the molecule is CCC(C)(CNC(=O)CCc1nc(-c2ccc(Cl)cc2)no1)N1CCOCC1. The monoisotopic (exact) mass is 406 g/mol. The van der Waals surface area contributed by atoms with E-state index in [4.69, 9.17) is 20.9 Å². The number of nitrogens with zero attached hydrogens (tertiary/aromatic N) is 3. The van der Waals surface area contributed by atoms with Gasteiger partial charge in [0, 0.05) is 48.6 Å². The molecular formula is C20H27ClN4O3. The lowest BCUT2D eigenvalue weighted by Crippen LogP contribution is -2.56. The van der Waals surface area contributed by atoms with Crippen LogP contribution in [0.2, 0.25) is 5.02 Å². The van der Waals surface area contributed by atoms with Gasteiger partial charge < -0.3 is 14.6 Å². The van der Waals surface area contributed by atoms with Crippen molar-refractivity contribution >= 4 is 17.5 Å². The Kier molecular flexibility index (Phi) is 7.04. The number of hydrogen-bond acceptors (Lipinski definition) is 6. The number of ether oxygens (including phenoxy) is 1. The number of carbonyl (C=O) groups excluding carboxylic acids is 1. The number of morpholine rings is 1. The predicted molar refractivity (Wildman–Crippen MR) is 107 cm³/mol. The smallest absolute Gasteiger partial charge is 0.227 e. The summed E-state index contributed by atoms with van der Waals surface area (Å²) in [6, 6.07) is 7.22. The van der Waals surface area contributed by atoms with Gasteiger partial charge in [-0.25, -0.2) is 0 Å². The second-order valence-corrected chi connectivity index (χ2v) is 7.68. The predicted octanol–water partition coefficient (Wildman–Crippen LogP) is 2.94. The maximum atomic E-state index is 12.3. The van der Waals surface area contributed by atoms with Gasteiger partial charge in [-0.2, -0.15) is 4.98 Å². The van der Waals surface area contributed by atoms with E-state index in [0.717, 1.165) is 38.3 Å². The van der Waals surface area contributed by atoms with E-state index in [-0.39, 0.29) is 11.4 Å². The molecule has 1 aromatic heterocycles. The van der Waals surface area contributed by atoms with Gasteiger partial charge >= 0.3 is 0 Å². The molecule has 1 aliphatic heterocycles. The summed E-state index contributed by atoms with van der Waals surface area (Å²) >= 11 is 5.89. The van der Waals surface area contributed by atoms with Crippen molar-refractivity contribution in [3.8, 4) is 11.4 Å². The minimum absolute atomic E-state index is 0.0147. The van der Waals surface area contributed by atoms with Crippen LogP contribution in [-0.4, -0.2) is 59.3 Å². The van der Waals surface area contributed by atoms with E-state index in [1.165, 1.54) is 0 Å². The number of hydrogen-bond donors (Lipinski definition) is 1. The molecule has 1 N–H and O–H groups in total. The van der Waals surface area contributed by atoms with Crippen LogP contribution in [0.15, 0.2) is 28.8 Å². The first-order valence-corrected chi connectivity index (χ1v) is 10.1. The molecule has 0 spiro atoms. The molecule has 1 unspecified atom stereocenters. The third-order valence-corrected chi connectivity index (χ3v) is 5.59. The van der Waals surface area contributed by atoms with Crippen molar-refractivity contribution < 1.29 is 14.1 Å². The fourth-order valence-corrected chi connectivity index (χ4v) is 3.36. The molecule has 1 fully saturated rings. The van der Waals surface area contributed by atoms with Crippen LogP contribution in [0.5, 0.6) is 0 Å². The second kappa shape index (κ2) is 9.49. The summed E-state index contributed by atoms with van der Waals surface area (Å²) in [4.78, 5) is 19.1. The molecular weight excluding hydrogens is 380 g/mol. The average molecular weight is 407 g/mol. The maximum absolute atomic E-state index is 12.3. The van der Waals surface area contributed by atoms with Crippen molar-refractivity contribution in [2.24, 2.45) is 0 Å². The van der Waals surface area contributed by atoms with Gasteiger partial charge in [-0.15, -0.1) is 0 Å². The quantitative estimate of drug-likeness (QED) is 0.726. The Balaban J connectivity index is 1.48. The summed E-state index contributed by atoms with van der Waals surface area (Å²) < 4.78 is 10.7. The van der Waals surface area contributed by atoms with Gasteiger partial charge in [0.05, 0.1) is 13.2 Å². The molecule has 1 saturated heterocycles. The van der Waals surface area contributed by atoms with Crippen LogP contribution in [0.4, 0.5) is 0 Å². The number of benzene rings is 1. The molecule has 0 aliphatic carbocycles. The molecule has 3 rings (SSSR count). The van der Waals surface area contributed by atoms with E-state index in [9.17, 15) is 4.79 Å². The van der Waals surface area contributed by atoms with Gasteiger partial charge in [-0.05, 0) is 37.6 Å². The van der Waals surface area contributed by atoms with Crippen molar-refractivity contribution in [2.75, 3.05) is 32.8 Å². The van der Waals surface area contributed by atoms with Gasteiger partial charge in [0.15, 0.2) is 0 Å². The number of halogens is 1. The summed E-state index contributed by atoms with van der Waals surface area (Å²) in [5.41, 5.74) is 0.763. The summed E-state index contributed by atoms with van der Waals surface area (Å²) in [5, 5.41) is 7.69. The fourth-order valence-electron chi connectivity index (χ4n) is 3.23. The third kappa shape index (κ3) is 5.31. The Bertz CT molecular complexity index is 774. The van der Waals surface area contributed by atoms with Crippen LogP contribution in [0.25, 0.3) is 11.4 Å². The Morgan fingerprint density at radius 2 is 2.00 bits per heavy atom. The highest BCUT2D eigenvalue weighted by atomic mass is 35.5. The van der Waals surface area contributed by atoms with Gasteiger partial charge in [0.1, 0.15) is 0 Å². The summed E-state index contributed by atoms with van der Waals surface area (Å²) in [6.45, 7) is 8.24. The number of nitrogens with one attached hydrogen (secondary N) is 1. The molecule has 2 aromatic rings. The number of aromatic nitrogens is 2. The Hall–Kier alpha value is -1.96. The number of amides is 1. The van der Waals surface area contributed by atoms with Gasteiger partial charge in [-0.3, -0.25) is 9.69 Å². The highest BCUT2D eigenvalue weighted by molar-refractivity contribution is 6.30. The largest absolute Gasteiger partial charge is 0.379 e. The van der Waals surface area contributed by atoms with E-state index in [1.54, 1.807) is 12.1 Å². The third-order valence-electron chi connectivity index (χ3n) is 5.34. The second-order valence-electron chi connectivity index (χ2n) is 7.25. The zero-order valence-electron chi connectivity index (χ0n) is 16.4. The van der Waals surface area contributed by atoms with Crippen molar-refractivity contribution in [1.82, 2.24) is 20.4 Å². The van der Waals surface area contributed by atoms with Crippen LogP contribution < -0.4 is 5.32 Å². The first-order chi connectivity index (χ1) is 13.5. The lowest BCUT2D eigenvalue weighted by Gasteiger charge is -2.43.